The molecule has 14 heavy (non-hydrogen) atoms. The molecule has 0 spiro atoms. The minimum Gasteiger partial charge on any atom is -0.388 e. The van der Waals surface area contributed by atoms with Gasteiger partial charge in [0, 0.05) is 5.71 Å². The Kier molecular flexibility index (Phi) is 2.00. The molecular formula is C10H17NO3. The van der Waals surface area contributed by atoms with Crippen molar-refractivity contribution in [3.05, 3.63) is 0 Å². The van der Waals surface area contributed by atoms with Gasteiger partial charge in [-0.2, -0.15) is 0 Å². The zero-order valence-electron chi connectivity index (χ0n) is 9.07. The highest BCUT2D eigenvalue weighted by molar-refractivity contribution is 5.92. The van der Waals surface area contributed by atoms with Crippen LogP contribution in [0.1, 0.15) is 27.7 Å². The number of nitrogens with zero attached hydrogens (tertiary/aromatic N) is 1. The summed E-state index contributed by atoms with van der Waals surface area (Å²) in [5.74, 6) is -0.637. The van der Waals surface area contributed by atoms with E-state index in [0.717, 1.165) is 5.71 Å². The zero-order valence-corrected chi connectivity index (χ0v) is 9.07. The molecule has 1 fully saturated rings. The molecule has 4 heteroatoms. The largest absolute Gasteiger partial charge is 0.388 e. The van der Waals surface area contributed by atoms with Crippen LogP contribution in [0.4, 0.5) is 0 Å². The Morgan fingerprint density at radius 1 is 1.43 bits per heavy atom. The summed E-state index contributed by atoms with van der Waals surface area (Å²) >= 11 is 0. The number of aliphatic hydroxyl groups excluding tert-OH is 1. The Bertz CT molecular complexity index is 287. The summed E-state index contributed by atoms with van der Waals surface area (Å²) < 4.78 is 11.5. The lowest BCUT2D eigenvalue weighted by atomic mass is 9.88. The van der Waals surface area contributed by atoms with Gasteiger partial charge in [-0.25, -0.2) is 0 Å². The van der Waals surface area contributed by atoms with E-state index in [0.29, 0.717) is 6.54 Å². The van der Waals surface area contributed by atoms with Gasteiger partial charge in [-0.1, -0.05) is 0 Å². The van der Waals surface area contributed by atoms with Crippen molar-refractivity contribution < 1.29 is 14.6 Å². The summed E-state index contributed by atoms with van der Waals surface area (Å²) in [6.07, 6.45) is -0.861. The van der Waals surface area contributed by atoms with Crippen LogP contribution in [-0.4, -0.2) is 41.0 Å². The van der Waals surface area contributed by atoms with E-state index >= 15 is 0 Å². The third-order valence-corrected chi connectivity index (χ3v) is 2.99. The van der Waals surface area contributed by atoms with Gasteiger partial charge < -0.3 is 14.6 Å². The lowest BCUT2D eigenvalue weighted by molar-refractivity contribution is -0.156. The average molecular weight is 199 g/mol. The Morgan fingerprint density at radius 2 is 2.07 bits per heavy atom. The van der Waals surface area contributed by atoms with E-state index in [1.54, 1.807) is 0 Å². The van der Waals surface area contributed by atoms with Crippen molar-refractivity contribution in [2.45, 2.75) is 51.3 Å². The Labute approximate surface area is 83.9 Å². The molecule has 2 aliphatic heterocycles. The first-order chi connectivity index (χ1) is 6.35. The molecule has 4 nitrogen and oxygen atoms in total. The summed E-state index contributed by atoms with van der Waals surface area (Å²) in [7, 11) is 0. The number of hydrogen-bond donors (Lipinski definition) is 1. The van der Waals surface area contributed by atoms with Gasteiger partial charge >= 0.3 is 0 Å². The molecule has 0 radical (unpaired) electrons. The maximum absolute atomic E-state index is 9.78. The lowest BCUT2D eigenvalue weighted by Gasteiger charge is -2.34. The van der Waals surface area contributed by atoms with Crippen molar-refractivity contribution in [1.82, 2.24) is 0 Å². The fourth-order valence-corrected chi connectivity index (χ4v) is 2.22. The maximum atomic E-state index is 9.78. The van der Waals surface area contributed by atoms with Crippen LogP contribution in [-0.2, 0) is 9.47 Å². The minimum absolute atomic E-state index is 0.296. The van der Waals surface area contributed by atoms with Crippen molar-refractivity contribution in [3.8, 4) is 0 Å². The first kappa shape index (κ1) is 10.1. The van der Waals surface area contributed by atoms with E-state index in [2.05, 4.69) is 4.99 Å². The van der Waals surface area contributed by atoms with Crippen LogP contribution in [0.25, 0.3) is 0 Å². The summed E-state index contributed by atoms with van der Waals surface area (Å²) in [5.41, 5.74) is 0.333. The summed E-state index contributed by atoms with van der Waals surface area (Å²) in [4.78, 5) is 4.25. The van der Waals surface area contributed by atoms with Crippen LogP contribution in [0, 0.1) is 0 Å². The van der Waals surface area contributed by atoms with Crippen molar-refractivity contribution in [2.24, 2.45) is 4.99 Å². The minimum atomic E-state index is -0.637. The van der Waals surface area contributed by atoms with E-state index in [4.69, 9.17) is 9.47 Å². The molecule has 0 aliphatic carbocycles. The van der Waals surface area contributed by atoms with Gasteiger partial charge in [-0.05, 0) is 27.7 Å². The number of fused-ring (bicyclic) bond motifs is 1. The molecule has 0 aromatic carbocycles. The van der Waals surface area contributed by atoms with Crippen molar-refractivity contribution in [3.63, 3.8) is 0 Å². The van der Waals surface area contributed by atoms with Crippen LogP contribution in [0.3, 0.4) is 0 Å². The fourth-order valence-electron chi connectivity index (χ4n) is 2.22. The molecule has 0 aromatic rings. The van der Waals surface area contributed by atoms with Gasteiger partial charge in [0.2, 0.25) is 0 Å². The zero-order chi connectivity index (χ0) is 10.6. The van der Waals surface area contributed by atoms with Crippen LogP contribution >= 0.6 is 0 Å². The normalized spacial score (nSPS) is 45.9. The average Bonchev–Trinajstić information content (AvgIpc) is 2.31. The Hall–Kier alpha value is -0.450. The van der Waals surface area contributed by atoms with Gasteiger partial charge in [0.05, 0.1) is 6.54 Å². The van der Waals surface area contributed by atoms with Gasteiger partial charge in [-0.3, -0.25) is 4.99 Å². The molecule has 2 aliphatic rings. The SMILES string of the molecule is CC1=NC[C@H](O)[C@H]2OC(C)(C)O[C@@]12C. The molecule has 1 N–H and O–H groups in total. The molecule has 1 saturated heterocycles. The number of aliphatic imine (C=N–C) groups is 1. The Morgan fingerprint density at radius 3 is 2.64 bits per heavy atom. The second-order valence-corrected chi connectivity index (χ2v) is 4.64. The van der Waals surface area contributed by atoms with Gasteiger partial charge in [-0.15, -0.1) is 0 Å². The van der Waals surface area contributed by atoms with Crippen LogP contribution in [0.2, 0.25) is 0 Å². The quantitative estimate of drug-likeness (QED) is 0.625. The van der Waals surface area contributed by atoms with E-state index in [-0.39, 0.29) is 6.10 Å². The third kappa shape index (κ3) is 1.29. The molecule has 2 rings (SSSR count). The summed E-state index contributed by atoms with van der Waals surface area (Å²) in [6, 6.07) is 0. The van der Waals surface area contributed by atoms with Crippen LogP contribution in [0.5, 0.6) is 0 Å². The predicted molar refractivity (Wildman–Crippen MR) is 52.4 cm³/mol. The maximum Gasteiger partial charge on any atom is 0.164 e. The summed E-state index contributed by atoms with van der Waals surface area (Å²) in [6.45, 7) is 7.97. The second kappa shape index (κ2) is 2.78. The molecule has 3 atom stereocenters. The number of aliphatic hydroxyl groups is 1. The molecule has 0 saturated carbocycles. The molecular weight excluding hydrogens is 182 g/mol. The van der Waals surface area contributed by atoms with Crippen molar-refractivity contribution in [2.75, 3.05) is 6.54 Å². The van der Waals surface area contributed by atoms with Crippen LogP contribution in [0.15, 0.2) is 4.99 Å². The summed E-state index contributed by atoms with van der Waals surface area (Å²) in [5, 5.41) is 9.78. The monoisotopic (exact) mass is 199 g/mol. The number of hydrogen-bond acceptors (Lipinski definition) is 4. The predicted octanol–water partition coefficient (Wildman–Crippen LogP) is 0.732. The lowest BCUT2D eigenvalue weighted by Crippen LogP contribution is -2.53. The first-order valence-electron chi connectivity index (χ1n) is 4.93. The highest BCUT2D eigenvalue weighted by Gasteiger charge is 2.56. The molecule has 2 heterocycles. The smallest absolute Gasteiger partial charge is 0.164 e. The second-order valence-electron chi connectivity index (χ2n) is 4.64. The molecule has 0 unspecified atom stereocenters. The highest BCUT2D eigenvalue weighted by Crippen LogP contribution is 2.40. The molecule has 0 bridgehead atoms. The van der Waals surface area contributed by atoms with E-state index in [9.17, 15) is 5.11 Å². The fraction of sp³-hybridized carbons (Fsp3) is 0.900. The van der Waals surface area contributed by atoms with E-state index < -0.39 is 17.5 Å². The molecule has 0 amide bonds. The van der Waals surface area contributed by atoms with Crippen molar-refractivity contribution in [1.29, 1.82) is 0 Å². The third-order valence-electron chi connectivity index (χ3n) is 2.99. The van der Waals surface area contributed by atoms with Crippen molar-refractivity contribution >= 4 is 5.71 Å². The Balaban J connectivity index is 2.37. The van der Waals surface area contributed by atoms with Gasteiger partial charge in [0.15, 0.2) is 5.79 Å². The number of rotatable bonds is 0. The van der Waals surface area contributed by atoms with Gasteiger partial charge in [0.1, 0.15) is 17.8 Å². The van der Waals surface area contributed by atoms with E-state index in [1.807, 2.05) is 27.7 Å². The van der Waals surface area contributed by atoms with Gasteiger partial charge in [0.25, 0.3) is 0 Å². The molecule has 0 aromatic heterocycles. The standard InChI is InChI=1S/C10H17NO3/c1-6-10(4)8(7(12)5-11-6)13-9(2,3)14-10/h7-8,12H,5H2,1-4H3/t7-,8+,10-/m0/s1. The first-order valence-corrected chi connectivity index (χ1v) is 4.93. The van der Waals surface area contributed by atoms with E-state index in [1.165, 1.54) is 0 Å². The molecule has 80 valence electrons. The topological polar surface area (TPSA) is 51.1 Å². The highest BCUT2D eigenvalue weighted by atomic mass is 16.8. The van der Waals surface area contributed by atoms with Crippen LogP contribution < -0.4 is 0 Å². The number of ether oxygens (including phenoxy) is 2.